The van der Waals surface area contributed by atoms with Crippen LogP contribution in [0.3, 0.4) is 0 Å². The first-order valence-electron chi connectivity index (χ1n) is 4.92. The van der Waals surface area contributed by atoms with Crippen LogP contribution in [0.4, 0.5) is 0 Å². The van der Waals surface area contributed by atoms with Crippen LogP contribution < -0.4 is 10.1 Å². The largest absolute Gasteiger partial charge is 0.494 e. The molecule has 1 N–H and O–H groups in total. The monoisotopic (exact) mass is 202 g/mol. The van der Waals surface area contributed by atoms with E-state index < -0.39 is 0 Å². The SMILES string of the molecule is CNCc1ccc2cccc(OC)c2n1. The number of nitrogens with one attached hydrogen (secondary N) is 1. The van der Waals surface area contributed by atoms with Gasteiger partial charge < -0.3 is 10.1 Å². The topological polar surface area (TPSA) is 34.1 Å². The van der Waals surface area contributed by atoms with E-state index in [9.17, 15) is 0 Å². The van der Waals surface area contributed by atoms with Gasteiger partial charge in [-0.25, -0.2) is 4.98 Å². The summed E-state index contributed by atoms with van der Waals surface area (Å²) < 4.78 is 5.28. The molecule has 0 aliphatic heterocycles. The molecule has 2 aromatic rings. The normalized spacial score (nSPS) is 10.5. The Labute approximate surface area is 89.1 Å². The van der Waals surface area contributed by atoms with Crippen molar-refractivity contribution in [2.45, 2.75) is 6.54 Å². The third-order valence-electron chi connectivity index (χ3n) is 2.32. The summed E-state index contributed by atoms with van der Waals surface area (Å²) >= 11 is 0. The molecule has 0 saturated carbocycles. The molecule has 0 aliphatic rings. The summed E-state index contributed by atoms with van der Waals surface area (Å²) in [6.45, 7) is 0.772. The molecule has 0 unspecified atom stereocenters. The molecule has 0 bridgehead atoms. The average Bonchev–Trinajstić information content (AvgIpc) is 2.28. The Hall–Kier alpha value is -1.61. The Morgan fingerprint density at radius 2 is 2.13 bits per heavy atom. The number of ether oxygens (including phenoxy) is 1. The van der Waals surface area contributed by atoms with Crippen LogP contribution in [0.2, 0.25) is 0 Å². The lowest BCUT2D eigenvalue weighted by Gasteiger charge is -2.06. The van der Waals surface area contributed by atoms with Crippen molar-refractivity contribution in [3.05, 3.63) is 36.0 Å². The van der Waals surface area contributed by atoms with Gasteiger partial charge >= 0.3 is 0 Å². The van der Waals surface area contributed by atoms with E-state index in [4.69, 9.17) is 4.74 Å². The van der Waals surface area contributed by atoms with Crippen molar-refractivity contribution in [3.8, 4) is 5.75 Å². The fourth-order valence-corrected chi connectivity index (χ4v) is 1.60. The van der Waals surface area contributed by atoms with Gasteiger partial charge in [0.15, 0.2) is 0 Å². The summed E-state index contributed by atoms with van der Waals surface area (Å²) in [5.41, 5.74) is 1.95. The number of pyridine rings is 1. The van der Waals surface area contributed by atoms with Gasteiger partial charge in [-0.3, -0.25) is 0 Å². The Kier molecular flexibility index (Phi) is 2.83. The Balaban J connectivity index is 2.57. The molecule has 1 aromatic carbocycles. The van der Waals surface area contributed by atoms with E-state index >= 15 is 0 Å². The van der Waals surface area contributed by atoms with Crippen LogP contribution in [0.1, 0.15) is 5.69 Å². The lowest BCUT2D eigenvalue weighted by molar-refractivity contribution is 0.419. The fraction of sp³-hybridized carbons (Fsp3) is 0.250. The Bertz CT molecular complexity index is 468. The Morgan fingerprint density at radius 3 is 2.87 bits per heavy atom. The van der Waals surface area contributed by atoms with Crippen LogP contribution in [0, 0.1) is 0 Å². The summed E-state index contributed by atoms with van der Waals surface area (Å²) in [6.07, 6.45) is 0. The fourth-order valence-electron chi connectivity index (χ4n) is 1.60. The molecule has 0 amide bonds. The summed E-state index contributed by atoms with van der Waals surface area (Å²) in [6, 6.07) is 10.0. The van der Waals surface area contributed by atoms with Gasteiger partial charge in [0.1, 0.15) is 11.3 Å². The molecule has 1 heterocycles. The predicted molar refractivity (Wildman–Crippen MR) is 61.1 cm³/mol. The van der Waals surface area contributed by atoms with Gasteiger partial charge in [0.2, 0.25) is 0 Å². The van der Waals surface area contributed by atoms with E-state index in [-0.39, 0.29) is 0 Å². The van der Waals surface area contributed by atoms with Crippen molar-refractivity contribution >= 4 is 10.9 Å². The zero-order chi connectivity index (χ0) is 10.7. The maximum absolute atomic E-state index is 5.28. The number of fused-ring (bicyclic) bond motifs is 1. The van der Waals surface area contributed by atoms with Crippen LogP contribution in [0.5, 0.6) is 5.75 Å². The number of methoxy groups -OCH3 is 1. The van der Waals surface area contributed by atoms with Crippen LogP contribution in [-0.2, 0) is 6.54 Å². The molecule has 0 atom stereocenters. The first-order valence-corrected chi connectivity index (χ1v) is 4.92. The van der Waals surface area contributed by atoms with Gasteiger partial charge in [-0.15, -0.1) is 0 Å². The molecule has 1 aromatic heterocycles. The van der Waals surface area contributed by atoms with E-state index in [2.05, 4.69) is 16.4 Å². The van der Waals surface area contributed by atoms with Crippen molar-refractivity contribution in [3.63, 3.8) is 0 Å². The van der Waals surface area contributed by atoms with Crippen molar-refractivity contribution in [1.82, 2.24) is 10.3 Å². The number of hydrogen-bond acceptors (Lipinski definition) is 3. The van der Waals surface area contributed by atoms with Gasteiger partial charge in [0, 0.05) is 11.9 Å². The van der Waals surface area contributed by atoms with Gasteiger partial charge in [0.25, 0.3) is 0 Å². The molecule has 2 rings (SSSR count). The highest BCUT2D eigenvalue weighted by molar-refractivity contribution is 5.84. The average molecular weight is 202 g/mol. The second-order valence-corrected chi connectivity index (χ2v) is 3.36. The van der Waals surface area contributed by atoms with Gasteiger partial charge in [-0.05, 0) is 19.2 Å². The van der Waals surface area contributed by atoms with Crippen molar-refractivity contribution in [2.24, 2.45) is 0 Å². The van der Waals surface area contributed by atoms with Gasteiger partial charge in [-0.2, -0.15) is 0 Å². The molecule has 3 heteroatoms. The van der Waals surface area contributed by atoms with E-state index in [1.165, 1.54) is 0 Å². The molecule has 0 radical (unpaired) electrons. The highest BCUT2D eigenvalue weighted by atomic mass is 16.5. The second kappa shape index (κ2) is 4.28. The zero-order valence-corrected chi connectivity index (χ0v) is 8.95. The van der Waals surface area contributed by atoms with Crippen LogP contribution in [0.25, 0.3) is 10.9 Å². The van der Waals surface area contributed by atoms with Crippen molar-refractivity contribution in [2.75, 3.05) is 14.2 Å². The number of rotatable bonds is 3. The van der Waals surface area contributed by atoms with Crippen LogP contribution in [-0.4, -0.2) is 19.1 Å². The third-order valence-corrected chi connectivity index (χ3v) is 2.32. The molecular weight excluding hydrogens is 188 g/mol. The smallest absolute Gasteiger partial charge is 0.145 e. The molecule has 0 fully saturated rings. The predicted octanol–water partition coefficient (Wildman–Crippen LogP) is 1.96. The van der Waals surface area contributed by atoms with E-state index in [0.717, 1.165) is 28.9 Å². The molecule has 78 valence electrons. The molecular formula is C12H14N2O. The lowest BCUT2D eigenvalue weighted by Crippen LogP contribution is -2.06. The van der Waals surface area contributed by atoms with Crippen molar-refractivity contribution < 1.29 is 4.74 Å². The van der Waals surface area contributed by atoms with Gasteiger partial charge in [-0.1, -0.05) is 18.2 Å². The quantitative estimate of drug-likeness (QED) is 0.826. The second-order valence-electron chi connectivity index (χ2n) is 3.36. The summed E-state index contributed by atoms with van der Waals surface area (Å²) in [5.74, 6) is 0.824. The number of aromatic nitrogens is 1. The standard InChI is InChI=1S/C12H14N2O/c1-13-8-10-7-6-9-4-3-5-11(15-2)12(9)14-10/h3-7,13H,8H2,1-2H3. The van der Waals surface area contributed by atoms with Gasteiger partial charge in [0.05, 0.1) is 12.8 Å². The molecule has 15 heavy (non-hydrogen) atoms. The van der Waals surface area contributed by atoms with E-state index in [0.29, 0.717) is 0 Å². The highest BCUT2D eigenvalue weighted by Gasteiger charge is 2.02. The molecule has 3 nitrogen and oxygen atoms in total. The van der Waals surface area contributed by atoms with Crippen molar-refractivity contribution in [1.29, 1.82) is 0 Å². The molecule has 0 saturated heterocycles. The number of benzene rings is 1. The maximum Gasteiger partial charge on any atom is 0.145 e. The molecule has 0 spiro atoms. The van der Waals surface area contributed by atoms with E-state index in [1.54, 1.807) is 7.11 Å². The minimum Gasteiger partial charge on any atom is -0.494 e. The summed E-state index contributed by atoms with van der Waals surface area (Å²) in [7, 11) is 3.58. The number of nitrogens with zero attached hydrogens (tertiary/aromatic N) is 1. The first kappa shape index (κ1) is 9.93. The molecule has 0 aliphatic carbocycles. The first-order chi connectivity index (χ1) is 7.35. The van der Waals surface area contributed by atoms with Crippen LogP contribution in [0.15, 0.2) is 30.3 Å². The van der Waals surface area contributed by atoms with E-state index in [1.807, 2.05) is 31.3 Å². The minimum absolute atomic E-state index is 0.772. The van der Waals surface area contributed by atoms with Crippen LogP contribution >= 0.6 is 0 Å². The Morgan fingerprint density at radius 1 is 1.27 bits per heavy atom. The summed E-state index contributed by atoms with van der Waals surface area (Å²) in [4.78, 5) is 4.55. The minimum atomic E-state index is 0.772. The highest BCUT2D eigenvalue weighted by Crippen LogP contribution is 2.23. The third kappa shape index (κ3) is 1.92. The number of para-hydroxylation sites is 1. The zero-order valence-electron chi connectivity index (χ0n) is 8.95. The summed E-state index contributed by atoms with van der Waals surface area (Å²) in [5, 5.41) is 4.19. The number of hydrogen-bond donors (Lipinski definition) is 1. The maximum atomic E-state index is 5.28. The lowest BCUT2D eigenvalue weighted by atomic mass is 10.2.